The zero-order valence-electron chi connectivity index (χ0n) is 25.3. The minimum Gasteiger partial charge on any atom is -0.480 e. The van der Waals surface area contributed by atoms with Crippen LogP contribution in [0.5, 0.6) is 5.88 Å². The van der Waals surface area contributed by atoms with E-state index in [-0.39, 0.29) is 42.2 Å². The summed E-state index contributed by atoms with van der Waals surface area (Å²) in [7, 11) is 0. The molecule has 0 saturated carbocycles. The van der Waals surface area contributed by atoms with Gasteiger partial charge in [-0.3, -0.25) is 0 Å². The number of aromatic nitrogens is 3. The predicted molar refractivity (Wildman–Crippen MR) is 163 cm³/mol. The molecule has 6 heterocycles. The van der Waals surface area contributed by atoms with E-state index in [0.717, 1.165) is 11.1 Å². The van der Waals surface area contributed by atoms with Gasteiger partial charge in [0.15, 0.2) is 11.6 Å². The van der Waals surface area contributed by atoms with Gasteiger partial charge >= 0.3 is 5.97 Å². The zero-order chi connectivity index (χ0) is 32.7. The van der Waals surface area contributed by atoms with Gasteiger partial charge in [0.1, 0.15) is 34.9 Å². The molecule has 242 valence electrons. The minimum absolute atomic E-state index is 0.0230. The normalized spacial score (nSPS) is 21.9. The molecule has 3 aliphatic heterocycles. The van der Waals surface area contributed by atoms with Crippen molar-refractivity contribution < 1.29 is 37.3 Å². The standard InChI is InChI=1S/C33H30F2N6O6/c1-19-33(17-44-18-33)46-9-7-40(19)25-11-22(21-5-2-4-20(10-21)14-36)15-37-31(25)47-23-12-26(32(42)43)41(16-23)28-13-24(27-6-3-8-45-27)38-30(39-28)29(34)35/h2-6,8,10-11,13,15,19,23,26,29H,7,9,12,16-18H2,1H3,(H,42,43)/t19-,23-,26-/m0/s1. The van der Waals surface area contributed by atoms with Gasteiger partial charge in [0, 0.05) is 30.8 Å². The van der Waals surface area contributed by atoms with Gasteiger partial charge < -0.3 is 33.5 Å². The van der Waals surface area contributed by atoms with Crippen molar-refractivity contribution in [2.45, 2.75) is 43.6 Å². The van der Waals surface area contributed by atoms with Crippen LogP contribution in [0.2, 0.25) is 0 Å². The van der Waals surface area contributed by atoms with Gasteiger partial charge in [0.2, 0.25) is 5.88 Å². The smallest absolute Gasteiger partial charge is 0.326 e. The highest BCUT2D eigenvalue weighted by Crippen LogP contribution is 2.41. The molecule has 0 bridgehead atoms. The Hall–Kier alpha value is -5.13. The van der Waals surface area contributed by atoms with Crippen molar-refractivity contribution in [2.24, 2.45) is 0 Å². The summed E-state index contributed by atoms with van der Waals surface area (Å²) >= 11 is 0. The van der Waals surface area contributed by atoms with Crippen LogP contribution in [-0.2, 0) is 14.3 Å². The van der Waals surface area contributed by atoms with Crippen LogP contribution in [-0.4, -0.2) is 82.7 Å². The Balaban J connectivity index is 1.23. The molecule has 0 amide bonds. The lowest BCUT2D eigenvalue weighted by atomic mass is 9.90. The number of ether oxygens (including phenoxy) is 3. The molecule has 1 aromatic carbocycles. The van der Waals surface area contributed by atoms with E-state index in [1.54, 1.807) is 36.5 Å². The van der Waals surface area contributed by atoms with Crippen LogP contribution in [0.4, 0.5) is 20.3 Å². The summed E-state index contributed by atoms with van der Waals surface area (Å²) in [5, 5.41) is 19.6. The molecule has 1 spiro atoms. The summed E-state index contributed by atoms with van der Waals surface area (Å²) in [6.07, 6.45) is -0.573. The van der Waals surface area contributed by atoms with Gasteiger partial charge in [-0.25, -0.2) is 28.5 Å². The Morgan fingerprint density at radius 1 is 1.15 bits per heavy atom. The maximum absolute atomic E-state index is 13.8. The summed E-state index contributed by atoms with van der Waals surface area (Å²) in [5.41, 5.74) is 2.39. The quantitative estimate of drug-likeness (QED) is 0.283. The van der Waals surface area contributed by atoms with E-state index in [1.165, 1.54) is 17.2 Å². The van der Waals surface area contributed by atoms with Crippen LogP contribution in [0.3, 0.4) is 0 Å². The summed E-state index contributed by atoms with van der Waals surface area (Å²) < 4.78 is 51.2. The van der Waals surface area contributed by atoms with Crippen molar-refractivity contribution in [2.75, 3.05) is 42.7 Å². The third-order valence-corrected chi connectivity index (χ3v) is 8.93. The molecular weight excluding hydrogens is 614 g/mol. The minimum atomic E-state index is -2.99. The Labute approximate surface area is 268 Å². The zero-order valence-corrected chi connectivity index (χ0v) is 25.3. The number of alkyl halides is 2. The molecule has 3 fully saturated rings. The molecule has 3 aliphatic rings. The monoisotopic (exact) mass is 644 g/mol. The lowest BCUT2D eigenvalue weighted by Gasteiger charge is -2.53. The van der Waals surface area contributed by atoms with E-state index >= 15 is 0 Å². The largest absolute Gasteiger partial charge is 0.480 e. The van der Waals surface area contributed by atoms with E-state index in [1.807, 2.05) is 12.1 Å². The number of carboxylic acids is 1. The fourth-order valence-electron chi connectivity index (χ4n) is 6.34. The summed E-state index contributed by atoms with van der Waals surface area (Å²) in [5.74, 6) is -1.33. The lowest BCUT2D eigenvalue weighted by molar-refractivity contribution is -0.228. The second kappa shape index (κ2) is 12.2. The number of benzene rings is 1. The van der Waals surface area contributed by atoms with Gasteiger partial charge in [-0.15, -0.1) is 0 Å². The van der Waals surface area contributed by atoms with Crippen LogP contribution >= 0.6 is 0 Å². The van der Waals surface area contributed by atoms with Gasteiger partial charge in [0.05, 0.1) is 50.3 Å². The van der Waals surface area contributed by atoms with E-state index in [9.17, 15) is 23.9 Å². The summed E-state index contributed by atoms with van der Waals surface area (Å²) in [6.45, 7) is 4.00. The first-order valence-electron chi connectivity index (χ1n) is 15.1. The number of hydrogen-bond acceptors (Lipinski definition) is 11. The Morgan fingerprint density at radius 3 is 2.70 bits per heavy atom. The SMILES string of the molecule is C[C@@H]1N(c2cc(-c3cccc(C#N)c3)cnc2O[C@H]2C[C@@H](C(=O)O)N(c3cc(-c4ccco4)nc(C(F)F)n3)C2)CCOC12COC2. The predicted octanol–water partition coefficient (Wildman–Crippen LogP) is 4.71. The topological polar surface area (TPSA) is 147 Å². The number of carbonyl (C=O) groups is 1. The number of halogens is 2. The number of furan rings is 1. The summed E-state index contributed by atoms with van der Waals surface area (Å²) in [4.78, 5) is 28.7. The number of nitrogens with zero attached hydrogens (tertiary/aromatic N) is 6. The van der Waals surface area contributed by atoms with Crippen LogP contribution < -0.4 is 14.5 Å². The van der Waals surface area contributed by atoms with E-state index in [0.29, 0.717) is 37.6 Å². The van der Waals surface area contributed by atoms with Crippen LogP contribution in [0.1, 0.15) is 31.2 Å². The van der Waals surface area contributed by atoms with E-state index in [2.05, 4.69) is 27.9 Å². The molecule has 14 heteroatoms. The molecule has 0 unspecified atom stereocenters. The van der Waals surface area contributed by atoms with Crippen LogP contribution in [0, 0.1) is 11.3 Å². The molecule has 3 atom stereocenters. The molecule has 12 nitrogen and oxygen atoms in total. The Morgan fingerprint density at radius 2 is 2.00 bits per heavy atom. The molecular formula is C33H30F2N6O6. The Bertz CT molecular complexity index is 1830. The number of morpholine rings is 1. The molecule has 47 heavy (non-hydrogen) atoms. The molecule has 7 rings (SSSR count). The van der Waals surface area contributed by atoms with Crippen LogP contribution in [0.15, 0.2) is 65.4 Å². The second-order valence-corrected chi connectivity index (χ2v) is 11.7. The first-order chi connectivity index (χ1) is 22.7. The molecule has 3 saturated heterocycles. The number of aliphatic carboxylic acids is 1. The van der Waals surface area contributed by atoms with E-state index < -0.39 is 36.0 Å². The fraction of sp³-hybridized carbons (Fsp3) is 0.364. The first-order valence-corrected chi connectivity index (χ1v) is 15.1. The third kappa shape index (κ3) is 5.72. The summed E-state index contributed by atoms with van der Waals surface area (Å²) in [6, 6.07) is 14.7. The average Bonchev–Trinajstić information content (AvgIpc) is 3.76. The lowest BCUT2D eigenvalue weighted by Crippen LogP contribution is -2.68. The van der Waals surface area contributed by atoms with Crippen LogP contribution in [0.25, 0.3) is 22.6 Å². The number of anilines is 2. The van der Waals surface area contributed by atoms with Gasteiger partial charge in [-0.2, -0.15) is 5.26 Å². The Kier molecular flexibility index (Phi) is 7.94. The number of nitriles is 1. The van der Waals surface area contributed by atoms with Gasteiger partial charge in [-0.1, -0.05) is 12.1 Å². The number of carboxylic acid groups (broad SMARTS) is 1. The van der Waals surface area contributed by atoms with Crippen molar-refractivity contribution in [1.29, 1.82) is 5.26 Å². The third-order valence-electron chi connectivity index (χ3n) is 8.93. The van der Waals surface area contributed by atoms with Crippen molar-refractivity contribution >= 4 is 17.5 Å². The number of pyridine rings is 1. The average molecular weight is 645 g/mol. The number of rotatable bonds is 8. The fourth-order valence-corrected chi connectivity index (χ4v) is 6.34. The first kappa shape index (κ1) is 30.5. The maximum atomic E-state index is 13.8. The molecule has 0 radical (unpaired) electrons. The van der Waals surface area contributed by atoms with Crippen molar-refractivity contribution in [3.8, 4) is 34.5 Å². The number of hydrogen-bond donors (Lipinski definition) is 1. The van der Waals surface area contributed by atoms with Gasteiger partial charge in [-0.05, 0) is 42.8 Å². The highest BCUT2D eigenvalue weighted by atomic mass is 19.3. The molecule has 0 aliphatic carbocycles. The second-order valence-electron chi connectivity index (χ2n) is 11.7. The highest BCUT2D eigenvalue weighted by Gasteiger charge is 2.50. The highest BCUT2D eigenvalue weighted by molar-refractivity contribution is 5.79. The molecule has 3 aromatic heterocycles. The van der Waals surface area contributed by atoms with Crippen molar-refractivity contribution in [3.05, 3.63) is 72.4 Å². The van der Waals surface area contributed by atoms with E-state index in [4.69, 9.17) is 23.6 Å². The molecule has 1 N–H and O–H groups in total. The maximum Gasteiger partial charge on any atom is 0.326 e. The van der Waals surface area contributed by atoms with Gasteiger partial charge in [0.25, 0.3) is 6.43 Å². The van der Waals surface area contributed by atoms with Crippen molar-refractivity contribution in [3.63, 3.8) is 0 Å². The molecule has 4 aromatic rings. The van der Waals surface area contributed by atoms with Crippen molar-refractivity contribution in [1.82, 2.24) is 15.0 Å².